The van der Waals surface area contributed by atoms with Crippen molar-refractivity contribution in [3.05, 3.63) is 311 Å². The molecule has 3 atom stereocenters. The molecular formula is C91H87N25O10. The van der Waals surface area contributed by atoms with Gasteiger partial charge in [-0.25, -0.2) is 61.3 Å². The van der Waals surface area contributed by atoms with Gasteiger partial charge in [0.05, 0.1) is 97.1 Å². The molecule has 35 nitrogen and oxygen atoms in total. The van der Waals surface area contributed by atoms with Gasteiger partial charge in [0, 0.05) is 48.1 Å². The maximum atomic E-state index is 14.3. The normalized spacial score (nSPS) is 11.5. The summed E-state index contributed by atoms with van der Waals surface area (Å²) in [5, 5.41) is 63.6. The maximum Gasteiger partial charge on any atom is 0.276 e. The van der Waals surface area contributed by atoms with E-state index in [9.17, 15) is 44.1 Å². The number of nitrogens with zero attached hydrogens (tertiary/aromatic N) is 15. The van der Waals surface area contributed by atoms with Crippen LogP contribution in [0.15, 0.2) is 209 Å². The third-order valence-corrected chi connectivity index (χ3v) is 20.2. The first-order valence-electron chi connectivity index (χ1n) is 39.9. The molecule has 0 spiro atoms. The van der Waals surface area contributed by atoms with Gasteiger partial charge in [0.2, 0.25) is 5.91 Å². The molecule has 0 unspecified atom stereocenters. The SMILES string of the molecule is CC[C@H](Nc1nc(C)nc(C)c1C#N)c1nc2cccc(C#CCCCC(=O)NO)c2c(=O)n1-c1ccccc1.CC[C@H](Nc1nc(C)nc(C)c1C#N)c1nc2cccc(NCc3ccc(C(=O)NO)cc3)c2c(=O)n1-c1ccccc1.CC[C@H](Nc1ncnc(N)c1C(N)=O)c1nc2cccc(NCc3ccc(C(=O)NO)cn3)c2c(=O)n1-c1ccccc1. The molecule has 7 aromatic heterocycles. The number of carbonyl (C=O) groups is 4. The molecule has 636 valence electrons. The predicted molar refractivity (Wildman–Crippen MR) is 474 cm³/mol. The lowest BCUT2D eigenvalue weighted by Gasteiger charge is -2.23. The van der Waals surface area contributed by atoms with Crippen LogP contribution in [0, 0.1) is 62.2 Å². The summed E-state index contributed by atoms with van der Waals surface area (Å²) in [4.78, 5) is 134. The Kier molecular flexibility index (Phi) is 29.0. The van der Waals surface area contributed by atoms with Crippen molar-refractivity contribution in [1.82, 2.24) is 80.0 Å². The van der Waals surface area contributed by atoms with E-state index in [4.69, 9.17) is 42.0 Å². The number of aryl methyl sites for hydroxylation is 4. The quantitative estimate of drug-likeness (QED) is 0.00984. The fourth-order valence-corrected chi connectivity index (χ4v) is 14.0. The van der Waals surface area contributed by atoms with Crippen molar-refractivity contribution in [1.29, 1.82) is 10.5 Å². The van der Waals surface area contributed by atoms with Crippen LogP contribution in [-0.4, -0.2) is 103 Å². The molecule has 7 heterocycles. The van der Waals surface area contributed by atoms with Crippen LogP contribution in [0.3, 0.4) is 0 Å². The van der Waals surface area contributed by atoms with Gasteiger partial charge in [-0.15, -0.1) is 0 Å². The third kappa shape index (κ3) is 20.2. The zero-order valence-corrected chi connectivity index (χ0v) is 69.4. The zero-order chi connectivity index (χ0) is 89.7. The molecule has 15 N–H and O–H groups in total. The fraction of sp³-hybridized carbons (Fsp3) is 0.198. The van der Waals surface area contributed by atoms with E-state index in [1.54, 1.807) is 138 Å². The lowest BCUT2D eigenvalue weighted by Crippen LogP contribution is -2.29. The highest BCUT2D eigenvalue weighted by Gasteiger charge is 2.29. The summed E-state index contributed by atoms with van der Waals surface area (Å²) < 4.78 is 4.70. The number of primary amides is 1. The Morgan fingerprint density at radius 1 is 0.476 bits per heavy atom. The molecule has 126 heavy (non-hydrogen) atoms. The molecule has 14 aromatic rings. The number of para-hydroxylation sites is 3. The Morgan fingerprint density at radius 3 is 1.35 bits per heavy atom. The van der Waals surface area contributed by atoms with Crippen molar-refractivity contribution in [3.63, 3.8) is 0 Å². The number of benzene rings is 7. The highest BCUT2D eigenvalue weighted by atomic mass is 16.5. The number of hydroxylamine groups is 3. The van der Waals surface area contributed by atoms with E-state index in [1.807, 2.05) is 112 Å². The topological polar surface area (TPSA) is 520 Å². The third-order valence-electron chi connectivity index (χ3n) is 20.2. The molecule has 0 radical (unpaired) electrons. The molecule has 0 aliphatic rings. The van der Waals surface area contributed by atoms with Gasteiger partial charge in [-0.1, -0.05) is 118 Å². The number of nitrogens with one attached hydrogen (secondary N) is 8. The molecule has 0 bridgehead atoms. The number of amides is 4. The summed E-state index contributed by atoms with van der Waals surface area (Å²) in [6.45, 7) is 13.5. The number of pyridine rings is 1. The average Bonchev–Trinajstić information content (AvgIpc) is 0.762. The van der Waals surface area contributed by atoms with E-state index >= 15 is 0 Å². The van der Waals surface area contributed by atoms with Gasteiger partial charge in [0.15, 0.2) is 0 Å². The Morgan fingerprint density at radius 2 is 0.913 bits per heavy atom. The summed E-state index contributed by atoms with van der Waals surface area (Å²) in [5.41, 5.74) is 24.2. The van der Waals surface area contributed by atoms with Gasteiger partial charge in [-0.05, 0) is 156 Å². The van der Waals surface area contributed by atoms with E-state index in [1.165, 1.54) is 23.2 Å². The van der Waals surface area contributed by atoms with Crippen molar-refractivity contribution in [2.45, 2.75) is 118 Å². The number of nitrogen functional groups attached to an aromatic ring is 1. The molecular weight excluding hydrogens is 1600 g/mol. The number of hydrogen-bond donors (Lipinski definition) is 13. The summed E-state index contributed by atoms with van der Waals surface area (Å²) in [7, 11) is 0. The number of rotatable bonds is 27. The van der Waals surface area contributed by atoms with Crippen molar-refractivity contribution in [2.24, 2.45) is 5.73 Å². The van der Waals surface area contributed by atoms with Gasteiger partial charge < -0.3 is 38.1 Å². The lowest BCUT2D eigenvalue weighted by molar-refractivity contribution is -0.129. The fourth-order valence-electron chi connectivity index (χ4n) is 14.0. The van der Waals surface area contributed by atoms with Gasteiger partial charge >= 0.3 is 0 Å². The van der Waals surface area contributed by atoms with Crippen molar-refractivity contribution < 1.29 is 34.8 Å². The Hall–Kier alpha value is -16.6. The summed E-state index contributed by atoms with van der Waals surface area (Å²) in [6, 6.07) is 56.5. The molecule has 0 fully saturated rings. The van der Waals surface area contributed by atoms with Crippen molar-refractivity contribution in [2.75, 3.05) is 32.3 Å². The summed E-state index contributed by atoms with van der Waals surface area (Å²) >= 11 is 0. The van der Waals surface area contributed by atoms with E-state index in [2.05, 4.69) is 85.5 Å². The van der Waals surface area contributed by atoms with Crippen molar-refractivity contribution >= 4 is 91.0 Å². The van der Waals surface area contributed by atoms with Crippen LogP contribution in [0.1, 0.15) is 177 Å². The molecule has 0 saturated heterocycles. The number of hydrogen-bond acceptors (Lipinski definition) is 28. The molecule has 7 aromatic carbocycles. The lowest BCUT2D eigenvalue weighted by atomic mass is 10.1. The van der Waals surface area contributed by atoms with Crippen LogP contribution in [0.2, 0.25) is 0 Å². The van der Waals surface area contributed by atoms with E-state index in [0.29, 0.717) is 180 Å². The first-order valence-corrected chi connectivity index (χ1v) is 39.9. The van der Waals surface area contributed by atoms with Gasteiger partial charge in [0.25, 0.3) is 34.4 Å². The Bertz CT molecular complexity index is 6750. The Labute approximate surface area is 720 Å². The first kappa shape index (κ1) is 88.7. The number of aromatic nitrogens is 13. The minimum absolute atomic E-state index is 0.0551. The second kappa shape index (κ2) is 41.1. The van der Waals surface area contributed by atoms with Crippen LogP contribution >= 0.6 is 0 Å². The van der Waals surface area contributed by atoms with E-state index in [0.717, 1.165) is 5.56 Å². The number of unbranched alkanes of at least 4 members (excludes halogenated alkanes) is 1. The van der Waals surface area contributed by atoms with Crippen molar-refractivity contribution in [3.8, 4) is 41.0 Å². The zero-order valence-electron chi connectivity index (χ0n) is 69.4. The van der Waals surface area contributed by atoms with E-state index < -0.39 is 41.8 Å². The van der Waals surface area contributed by atoms with E-state index in [-0.39, 0.29) is 52.4 Å². The molecule has 0 aliphatic heterocycles. The minimum atomic E-state index is -0.793. The molecule has 4 amide bonds. The van der Waals surface area contributed by atoms with Gasteiger partial charge in [0.1, 0.15) is 87.5 Å². The van der Waals surface area contributed by atoms with Crippen LogP contribution in [0.4, 0.5) is 34.6 Å². The predicted octanol–water partition coefficient (Wildman–Crippen LogP) is 11.8. The molecule has 0 saturated carbocycles. The van der Waals surface area contributed by atoms with Crippen LogP contribution in [-0.2, 0) is 17.9 Å². The molecule has 0 aliphatic carbocycles. The number of anilines is 6. The highest BCUT2D eigenvalue weighted by molar-refractivity contribution is 6.02. The minimum Gasteiger partial charge on any atom is -0.383 e. The highest BCUT2D eigenvalue weighted by Crippen LogP contribution is 2.33. The van der Waals surface area contributed by atoms with Crippen LogP contribution < -0.4 is 71.2 Å². The first-order chi connectivity index (χ1) is 61.0. The van der Waals surface area contributed by atoms with Crippen LogP contribution in [0.25, 0.3) is 49.8 Å². The molecule has 35 heteroatoms. The smallest absolute Gasteiger partial charge is 0.276 e. The average molecular weight is 1690 g/mol. The number of nitriles is 2. The van der Waals surface area contributed by atoms with Crippen LogP contribution in [0.5, 0.6) is 0 Å². The number of fused-ring (bicyclic) bond motifs is 3. The maximum absolute atomic E-state index is 14.3. The number of nitrogens with two attached hydrogens (primary N) is 2. The Balaban J connectivity index is 0.000000172. The van der Waals surface area contributed by atoms with Gasteiger partial charge in [-0.3, -0.25) is 67.9 Å². The largest absolute Gasteiger partial charge is 0.383 e. The molecule has 14 rings (SSSR count). The standard InChI is InChI=1S/C32H30N8O3.C30H29N7O3.C29H28N10O4/c1-4-25(37-29-24(17-33)19(2)35-20(3)36-29)30-38-27-12-8-11-26(28(27)32(42)40(30)23-9-6-5-7-10-23)34-18-21-13-15-22(16-14-21)31(41)39-43;1-4-24(34-28-23(18-31)19(2)32-20(3)33-28)29-35-25-16-11-13-21(12-7-5-10-17-26(38)36-40)27(25)30(39)37(29)22-14-8-6-9-15-22;1-2-19(36-26-23(25(31)40)24(30)34-15-35-26)27-37-21-10-6-9-20(22(21)29(42)39(27)18-7-4-3-5-8-18)33-14-17-12-11-16(13-32-17)28(41)38-43/h5-16,25,34,43H,4,18H2,1-3H3,(H,39,41)(H,35,36,37);6,8-9,11,13-16,24,40H,4-5,10,17H2,1-3H3,(H,36,38)(H,32,33,34);3-13,15,19,33,43H,2,14H2,1H3,(H2,31,40)(H,38,41)(H3,30,34,35,36)/t25-;24-;19-/m000/s1. The van der Waals surface area contributed by atoms with Gasteiger partial charge in [-0.2, -0.15) is 10.5 Å². The summed E-state index contributed by atoms with van der Waals surface area (Å²) in [6.07, 6.45) is 5.17. The second-order valence-corrected chi connectivity index (χ2v) is 28.5. The monoisotopic (exact) mass is 1690 g/mol. The summed E-state index contributed by atoms with van der Waals surface area (Å²) in [5.74, 6) is 6.81. The number of carbonyl (C=O) groups excluding carboxylic acids is 4. The second-order valence-electron chi connectivity index (χ2n) is 28.5.